The van der Waals surface area contributed by atoms with Crippen molar-refractivity contribution in [3.8, 4) is 0 Å². The fourth-order valence-corrected chi connectivity index (χ4v) is 5.94. The first kappa shape index (κ1) is 19.1. The van der Waals surface area contributed by atoms with Gasteiger partial charge in [-0.05, 0) is 38.5 Å². The van der Waals surface area contributed by atoms with Crippen LogP contribution in [0.5, 0.6) is 0 Å². The van der Waals surface area contributed by atoms with Crippen LogP contribution in [0, 0.1) is 13.8 Å². The molecule has 26 heavy (non-hydrogen) atoms. The Morgan fingerprint density at radius 1 is 1.35 bits per heavy atom. The molecule has 1 unspecified atom stereocenters. The molecule has 1 aliphatic heterocycles. The molecule has 140 valence electrons. The summed E-state index contributed by atoms with van der Waals surface area (Å²) >= 11 is 6.87. The molecule has 6 nitrogen and oxygen atoms in total. The molecule has 2 aromatic heterocycles. The zero-order valence-corrected chi connectivity index (χ0v) is 16.7. The number of esters is 1. The molecular formula is C17H18ClNO5S2. The van der Waals surface area contributed by atoms with Crippen molar-refractivity contribution in [2.24, 2.45) is 0 Å². The average Bonchev–Trinajstić information content (AvgIpc) is 3.22. The molecule has 1 atom stereocenters. The van der Waals surface area contributed by atoms with E-state index in [1.165, 1.54) is 0 Å². The van der Waals surface area contributed by atoms with E-state index in [4.69, 9.17) is 16.3 Å². The normalized spacial score (nSPS) is 18.8. The molecule has 0 aromatic carbocycles. The third-order valence-electron chi connectivity index (χ3n) is 4.47. The van der Waals surface area contributed by atoms with Crippen LogP contribution in [0.2, 0.25) is 4.34 Å². The van der Waals surface area contributed by atoms with Gasteiger partial charge in [0.1, 0.15) is 4.88 Å². The number of rotatable bonds is 5. The minimum Gasteiger partial charge on any atom is -0.453 e. The van der Waals surface area contributed by atoms with Crippen LogP contribution in [-0.2, 0) is 14.6 Å². The van der Waals surface area contributed by atoms with E-state index in [-0.39, 0.29) is 29.9 Å². The van der Waals surface area contributed by atoms with Gasteiger partial charge < -0.3 is 9.30 Å². The number of hydrogen-bond donors (Lipinski definition) is 0. The number of Topliss-reactive ketones (excluding diaryl/α,β-unsaturated/α-hetero) is 1. The van der Waals surface area contributed by atoms with Crippen molar-refractivity contribution in [3.05, 3.63) is 44.4 Å². The molecule has 0 spiro atoms. The predicted octanol–water partition coefficient (Wildman–Crippen LogP) is 3.22. The molecular weight excluding hydrogens is 398 g/mol. The van der Waals surface area contributed by atoms with E-state index in [9.17, 15) is 18.0 Å². The first-order valence-electron chi connectivity index (χ1n) is 8.02. The van der Waals surface area contributed by atoms with Crippen molar-refractivity contribution in [2.45, 2.75) is 26.3 Å². The van der Waals surface area contributed by atoms with E-state index in [1.54, 1.807) is 25.1 Å². The third-order valence-corrected chi connectivity index (χ3v) is 7.43. The number of ketones is 1. The SMILES string of the molecule is Cc1cc(C(=O)COC(=O)c2ccc(Cl)s2)c(C)n1C1CCS(=O)(=O)C1. The molecule has 0 bridgehead atoms. The first-order valence-corrected chi connectivity index (χ1v) is 11.0. The summed E-state index contributed by atoms with van der Waals surface area (Å²) in [7, 11) is -3.02. The molecule has 1 saturated heterocycles. The van der Waals surface area contributed by atoms with Gasteiger partial charge in [-0.15, -0.1) is 11.3 Å². The third kappa shape index (κ3) is 3.87. The second-order valence-electron chi connectivity index (χ2n) is 6.31. The quantitative estimate of drug-likeness (QED) is 0.553. The van der Waals surface area contributed by atoms with Gasteiger partial charge in [0.05, 0.1) is 15.8 Å². The molecule has 9 heteroatoms. The Morgan fingerprint density at radius 2 is 2.08 bits per heavy atom. The molecule has 0 N–H and O–H groups in total. The Balaban J connectivity index is 1.72. The van der Waals surface area contributed by atoms with E-state index in [0.717, 1.165) is 17.0 Å². The number of hydrogen-bond acceptors (Lipinski definition) is 6. The monoisotopic (exact) mass is 415 g/mol. The standard InChI is InChI=1S/C17H18ClNO5S2/c1-10-7-13(11(2)19(10)12-5-6-26(22,23)9-12)14(20)8-24-17(21)15-3-4-16(18)25-15/h3-4,7,12H,5-6,8-9H2,1-2H3. The lowest BCUT2D eigenvalue weighted by atomic mass is 10.1. The predicted molar refractivity (Wildman–Crippen MR) is 100 cm³/mol. The highest BCUT2D eigenvalue weighted by atomic mass is 35.5. The van der Waals surface area contributed by atoms with E-state index in [1.807, 2.05) is 11.5 Å². The van der Waals surface area contributed by atoms with Gasteiger partial charge in [-0.1, -0.05) is 11.6 Å². The number of aromatic nitrogens is 1. The first-order chi connectivity index (χ1) is 12.2. The summed E-state index contributed by atoms with van der Waals surface area (Å²) in [5.74, 6) is -0.656. The minimum atomic E-state index is -3.02. The lowest BCUT2D eigenvalue weighted by Crippen LogP contribution is -2.16. The number of thiophene rings is 1. The lowest BCUT2D eigenvalue weighted by Gasteiger charge is -2.16. The van der Waals surface area contributed by atoms with Gasteiger partial charge in [0.25, 0.3) is 0 Å². The Bertz CT molecular complexity index is 973. The lowest BCUT2D eigenvalue weighted by molar-refractivity contribution is 0.0479. The summed E-state index contributed by atoms with van der Waals surface area (Å²) in [6, 6.07) is 4.70. The van der Waals surface area contributed by atoms with Crippen LogP contribution >= 0.6 is 22.9 Å². The molecule has 1 fully saturated rings. The van der Waals surface area contributed by atoms with Crippen molar-refractivity contribution in [1.82, 2.24) is 4.57 Å². The van der Waals surface area contributed by atoms with Gasteiger partial charge in [-0.25, -0.2) is 13.2 Å². The molecule has 0 radical (unpaired) electrons. The van der Waals surface area contributed by atoms with Gasteiger partial charge in [-0.2, -0.15) is 0 Å². The highest BCUT2D eigenvalue weighted by Gasteiger charge is 2.31. The highest BCUT2D eigenvalue weighted by Crippen LogP contribution is 2.29. The van der Waals surface area contributed by atoms with E-state index < -0.39 is 15.8 Å². The van der Waals surface area contributed by atoms with Crippen molar-refractivity contribution < 1.29 is 22.7 Å². The van der Waals surface area contributed by atoms with Crippen molar-refractivity contribution >= 4 is 44.5 Å². The van der Waals surface area contributed by atoms with Crippen molar-refractivity contribution in [1.29, 1.82) is 0 Å². The number of ether oxygens (including phenoxy) is 1. The Kier molecular flexibility index (Phi) is 5.28. The number of aryl methyl sites for hydroxylation is 1. The van der Waals surface area contributed by atoms with Crippen LogP contribution in [0.4, 0.5) is 0 Å². The largest absolute Gasteiger partial charge is 0.453 e. The summed E-state index contributed by atoms with van der Waals surface area (Å²) in [4.78, 5) is 24.8. The van der Waals surface area contributed by atoms with Crippen molar-refractivity contribution in [3.63, 3.8) is 0 Å². The molecule has 2 aromatic rings. The molecule has 0 aliphatic carbocycles. The summed E-state index contributed by atoms with van der Waals surface area (Å²) < 4.78 is 30.9. The topological polar surface area (TPSA) is 82.4 Å². The van der Waals surface area contributed by atoms with Gasteiger partial charge in [-0.3, -0.25) is 4.79 Å². The Morgan fingerprint density at radius 3 is 2.65 bits per heavy atom. The molecule has 3 heterocycles. The number of sulfone groups is 1. The molecule has 0 saturated carbocycles. The van der Waals surface area contributed by atoms with Crippen LogP contribution in [0.25, 0.3) is 0 Å². The molecule has 0 amide bonds. The summed E-state index contributed by atoms with van der Waals surface area (Å²) in [6.45, 7) is 3.25. The Labute approximate surface area is 160 Å². The fraction of sp³-hybridized carbons (Fsp3) is 0.412. The van der Waals surface area contributed by atoms with Crippen LogP contribution in [0.15, 0.2) is 18.2 Å². The van der Waals surface area contributed by atoms with Gasteiger partial charge in [0, 0.05) is 23.0 Å². The summed E-state index contributed by atoms with van der Waals surface area (Å²) in [5.41, 5.74) is 1.97. The van der Waals surface area contributed by atoms with E-state index >= 15 is 0 Å². The average molecular weight is 416 g/mol. The van der Waals surface area contributed by atoms with E-state index in [0.29, 0.717) is 26.9 Å². The summed E-state index contributed by atoms with van der Waals surface area (Å²) in [5, 5.41) is 0. The van der Waals surface area contributed by atoms with Gasteiger partial charge in [0.2, 0.25) is 5.78 Å². The second kappa shape index (κ2) is 7.17. The van der Waals surface area contributed by atoms with Crippen LogP contribution < -0.4 is 0 Å². The highest BCUT2D eigenvalue weighted by molar-refractivity contribution is 7.91. The number of nitrogens with zero attached hydrogens (tertiary/aromatic N) is 1. The van der Waals surface area contributed by atoms with Crippen LogP contribution in [0.3, 0.4) is 0 Å². The second-order valence-corrected chi connectivity index (χ2v) is 10.3. The Hall–Kier alpha value is -1.64. The minimum absolute atomic E-state index is 0.0884. The van der Waals surface area contributed by atoms with Gasteiger partial charge in [0.15, 0.2) is 16.4 Å². The zero-order chi connectivity index (χ0) is 19.1. The number of halogens is 1. The zero-order valence-electron chi connectivity index (χ0n) is 14.3. The fourth-order valence-electron chi connectivity index (χ4n) is 3.30. The maximum absolute atomic E-state index is 12.5. The van der Waals surface area contributed by atoms with E-state index in [2.05, 4.69) is 0 Å². The smallest absolute Gasteiger partial charge is 0.348 e. The molecule has 1 aliphatic rings. The summed E-state index contributed by atoms with van der Waals surface area (Å²) in [6.07, 6.45) is 0.542. The maximum atomic E-state index is 12.5. The maximum Gasteiger partial charge on any atom is 0.348 e. The van der Waals surface area contributed by atoms with Gasteiger partial charge >= 0.3 is 5.97 Å². The van der Waals surface area contributed by atoms with Crippen molar-refractivity contribution in [2.75, 3.05) is 18.1 Å². The number of carbonyl (C=O) groups excluding carboxylic acids is 2. The van der Waals surface area contributed by atoms with Crippen LogP contribution in [-0.4, -0.2) is 42.9 Å². The number of carbonyl (C=O) groups is 2. The molecule has 3 rings (SSSR count). The van der Waals surface area contributed by atoms with Crippen LogP contribution in [0.1, 0.15) is 43.9 Å².